The fraction of sp³-hybridized carbons (Fsp3) is 0.545. The fourth-order valence-corrected chi connectivity index (χ4v) is 4.38. The molecule has 0 saturated carbocycles. The minimum Gasteiger partial charge on any atom is -0.477 e. The molecule has 3 N–H and O–H groups in total. The molecule has 1 aliphatic heterocycles. The van der Waals surface area contributed by atoms with Crippen molar-refractivity contribution in [1.82, 2.24) is 4.72 Å². The summed E-state index contributed by atoms with van der Waals surface area (Å²) in [5.74, 6) is -1.16. The molecule has 112 valence electrons. The minimum atomic E-state index is -3.83. The van der Waals surface area contributed by atoms with Crippen molar-refractivity contribution in [3.8, 4) is 0 Å². The van der Waals surface area contributed by atoms with Gasteiger partial charge in [-0.3, -0.25) is 0 Å². The lowest BCUT2D eigenvalue weighted by atomic mass is 10.1. The van der Waals surface area contributed by atoms with E-state index in [0.29, 0.717) is 29.9 Å². The molecule has 0 spiro atoms. The molecule has 0 amide bonds. The van der Waals surface area contributed by atoms with Crippen molar-refractivity contribution >= 4 is 27.3 Å². The molecule has 0 bridgehead atoms. The first-order valence-electron chi connectivity index (χ1n) is 5.87. The molecule has 1 atom stereocenters. The van der Waals surface area contributed by atoms with E-state index < -0.39 is 21.6 Å². The van der Waals surface area contributed by atoms with Crippen LogP contribution in [0.3, 0.4) is 0 Å². The number of carboxylic acid groups (broad SMARTS) is 1. The number of sulfonamides is 1. The fourth-order valence-electron chi connectivity index (χ4n) is 1.83. The number of carbonyl (C=O) groups is 1. The number of aromatic carboxylic acids is 1. The first-order valence-corrected chi connectivity index (χ1v) is 8.17. The van der Waals surface area contributed by atoms with Crippen molar-refractivity contribution in [2.75, 3.05) is 19.8 Å². The van der Waals surface area contributed by atoms with Crippen LogP contribution in [0, 0.1) is 6.92 Å². The zero-order valence-electron chi connectivity index (χ0n) is 10.7. The summed E-state index contributed by atoms with van der Waals surface area (Å²) in [6.07, 6.45) is 0.360. The van der Waals surface area contributed by atoms with Crippen LogP contribution in [0.1, 0.15) is 21.7 Å². The van der Waals surface area contributed by atoms with Gasteiger partial charge in [0.1, 0.15) is 14.7 Å². The summed E-state index contributed by atoms with van der Waals surface area (Å²) in [7, 11) is -3.83. The predicted octanol–water partition coefficient (Wildman–Crippen LogP) is 0.184. The van der Waals surface area contributed by atoms with E-state index in [1.54, 1.807) is 0 Å². The molecule has 2 rings (SSSR count). The van der Waals surface area contributed by atoms with Gasteiger partial charge in [-0.25, -0.2) is 17.9 Å². The molecule has 2 heterocycles. The van der Waals surface area contributed by atoms with Crippen molar-refractivity contribution < 1.29 is 28.2 Å². The molecule has 1 unspecified atom stereocenters. The second kappa shape index (κ2) is 5.41. The van der Waals surface area contributed by atoms with Crippen LogP contribution in [-0.2, 0) is 14.8 Å². The minimum absolute atomic E-state index is 0.00622. The third-order valence-electron chi connectivity index (χ3n) is 3.03. The van der Waals surface area contributed by atoms with Crippen molar-refractivity contribution in [2.24, 2.45) is 0 Å². The number of carboxylic acids is 1. The zero-order valence-corrected chi connectivity index (χ0v) is 12.4. The standard InChI is InChI=1S/C11H15NO6S2/c1-7-4-8(19-9(7)10(13)14)20(16,17)12-5-11(15)2-3-18-6-11/h4,12,15H,2-3,5-6H2,1H3,(H,13,14). The van der Waals surface area contributed by atoms with E-state index in [1.165, 1.54) is 13.0 Å². The van der Waals surface area contributed by atoms with E-state index in [4.69, 9.17) is 9.84 Å². The largest absolute Gasteiger partial charge is 0.477 e. The lowest BCUT2D eigenvalue weighted by molar-refractivity contribution is 0.0314. The summed E-state index contributed by atoms with van der Waals surface area (Å²) in [5, 5.41) is 18.9. The van der Waals surface area contributed by atoms with Crippen LogP contribution in [0.25, 0.3) is 0 Å². The van der Waals surface area contributed by atoms with Gasteiger partial charge in [-0.15, -0.1) is 11.3 Å². The average molecular weight is 321 g/mol. The zero-order chi connectivity index (χ0) is 15.0. The van der Waals surface area contributed by atoms with Crippen molar-refractivity contribution in [3.63, 3.8) is 0 Å². The van der Waals surface area contributed by atoms with Crippen molar-refractivity contribution in [3.05, 3.63) is 16.5 Å². The molecule has 1 aromatic heterocycles. The Kier molecular flexibility index (Phi) is 4.17. The number of rotatable bonds is 5. The van der Waals surface area contributed by atoms with E-state index >= 15 is 0 Å². The first-order chi connectivity index (χ1) is 9.23. The average Bonchev–Trinajstić information content (AvgIpc) is 2.94. The topological polar surface area (TPSA) is 113 Å². The Balaban J connectivity index is 2.14. The lowest BCUT2D eigenvalue weighted by Crippen LogP contribution is -2.43. The summed E-state index contributed by atoms with van der Waals surface area (Å²) >= 11 is 0.693. The second-order valence-electron chi connectivity index (χ2n) is 4.73. The highest BCUT2D eigenvalue weighted by Crippen LogP contribution is 2.26. The Hall–Kier alpha value is -1.00. The van der Waals surface area contributed by atoms with Gasteiger partial charge in [0.15, 0.2) is 0 Å². The van der Waals surface area contributed by atoms with Crippen LogP contribution in [-0.4, -0.2) is 50.0 Å². The van der Waals surface area contributed by atoms with Crippen LogP contribution in [0.5, 0.6) is 0 Å². The van der Waals surface area contributed by atoms with E-state index in [2.05, 4.69) is 4.72 Å². The van der Waals surface area contributed by atoms with E-state index in [-0.39, 0.29) is 22.2 Å². The quantitative estimate of drug-likeness (QED) is 0.713. The van der Waals surface area contributed by atoms with Crippen LogP contribution in [0.15, 0.2) is 10.3 Å². The molecule has 1 aromatic rings. The molecule has 7 nitrogen and oxygen atoms in total. The number of ether oxygens (including phenoxy) is 1. The summed E-state index contributed by atoms with van der Waals surface area (Å²) in [6.45, 7) is 1.85. The summed E-state index contributed by atoms with van der Waals surface area (Å²) in [4.78, 5) is 10.9. The number of aryl methyl sites for hydroxylation is 1. The van der Waals surface area contributed by atoms with Crippen LogP contribution >= 0.6 is 11.3 Å². The van der Waals surface area contributed by atoms with E-state index in [0.717, 1.165) is 0 Å². The Labute approximate surface area is 120 Å². The van der Waals surface area contributed by atoms with Crippen LogP contribution in [0.4, 0.5) is 0 Å². The second-order valence-corrected chi connectivity index (χ2v) is 7.78. The molecule has 1 aliphatic rings. The van der Waals surface area contributed by atoms with E-state index in [9.17, 15) is 18.3 Å². The molecule has 0 aliphatic carbocycles. The SMILES string of the molecule is Cc1cc(S(=O)(=O)NCC2(O)CCOC2)sc1C(=O)O. The maximum atomic E-state index is 12.1. The maximum Gasteiger partial charge on any atom is 0.346 e. The maximum absolute atomic E-state index is 12.1. The normalized spacial score (nSPS) is 23.1. The molecule has 0 radical (unpaired) electrons. The summed E-state index contributed by atoms with van der Waals surface area (Å²) in [6, 6.07) is 1.31. The molecule has 20 heavy (non-hydrogen) atoms. The Morgan fingerprint density at radius 2 is 2.30 bits per heavy atom. The Bertz CT molecular complexity index is 615. The van der Waals surface area contributed by atoms with Crippen molar-refractivity contribution in [1.29, 1.82) is 0 Å². The molecular formula is C11H15NO6S2. The van der Waals surface area contributed by atoms with Gasteiger partial charge < -0.3 is 14.9 Å². The van der Waals surface area contributed by atoms with Gasteiger partial charge in [-0.1, -0.05) is 0 Å². The number of hydrogen-bond acceptors (Lipinski definition) is 6. The summed E-state index contributed by atoms with van der Waals surface area (Å²) < 4.78 is 31.4. The predicted molar refractivity (Wildman–Crippen MR) is 71.6 cm³/mol. The van der Waals surface area contributed by atoms with Crippen LogP contribution < -0.4 is 4.72 Å². The third kappa shape index (κ3) is 3.18. The monoisotopic (exact) mass is 321 g/mol. The van der Waals surface area contributed by atoms with Gasteiger partial charge in [0.05, 0.1) is 6.61 Å². The van der Waals surface area contributed by atoms with Gasteiger partial charge in [0.2, 0.25) is 10.0 Å². The molecule has 9 heteroatoms. The molecule has 0 aromatic carbocycles. The highest BCUT2D eigenvalue weighted by Gasteiger charge is 2.34. The molecular weight excluding hydrogens is 306 g/mol. The number of nitrogens with one attached hydrogen (secondary N) is 1. The number of aliphatic hydroxyl groups is 1. The highest BCUT2D eigenvalue weighted by molar-refractivity contribution is 7.91. The van der Waals surface area contributed by atoms with Crippen LogP contribution in [0.2, 0.25) is 0 Å². The van der Waals surface area contributed by atoms with Crippen molar-refractivity contribution in [2.45, 2.75) is 23.2 Å². The van der Waals surface area contributed by atoms with Gasteiger partial charge in [-0.05, 0) is 18.6 Å². The first kappa shape index (κ1) is 15.4. The molecule has 1 saturated heterocycles. The van der Waals surface area contributed by atoms with Gasteiger partial charge in [0, 0.05) is 19.6 Å². The lowest BCUT2D eigenvalue weighted by Gasteiger charge is -2.20. The van der Waals surface area contributed by atoms with Gasteiger partial charge in [-0.2, -0.15) is 0 Å². The number of hydrogen-bond donors (Lipinski definition) is 3. The van der Waals surface area contributed by atoms with E-state index in [1.807, 2.05) is 0 Å². The Morgan fingerprint density at radius 3 is 2.80 bits per heavy atom. The Morgan fingerprint density at radius 1 is 1.60 bits per heavy atom. The third-order valence-corrected chi connectivity index (χ3v) is 6.13. The smallest absolute Gasteiger partial charge is 0.346 e. The van der Waals surface area contributed by atoms with Gasteiger partial charge >= 0.3 is 5.97 Å². The van der Waals surface area contributed by atoms with Gasteiger partial charge in [0.25, 0.3) is 0 Å². The molecule has 1 fully saturated rings. The highest BCUT2D eigenvalue weighted by atomic mass is 32.2. The summed E-state index contributed by atoms with van der Waals surface area (Å²) in [5.41, 5.74) is -0.805. The number of thiophene rings is 1.